The Bertz CT molecular complexity index is 2380. The minimum atomic E-state index is -4.75. The lowest BCUT2D eigenvalue weighted by molar-refractivity contribution is -0.380. The first-order chi connectivity index (χ1) is 25.3. The second-order valence-corrected chi connectivity index (χ2v) is 14.9. The Morgan fingerprint density at radius 1 is 0.830 bits per heavy atom. The maximum absolute atomic E-state index is 14.7. The summed E-state index contributed by atoms with van der Waals surface area (Å²) in [5.41, 5.74) is -0.523. The van der Waals surface area contributed by atoms with Crippen molar-refractivity contribution in [2.45, 2.75) is 36.1 Å². The van der Waals surface area contributed by atoms with Crippen molar-refractivity contribution < 1.29 is 47.5 Å². The third-order valence-corrected chi connectivity index (χ3v) is 11.4. The summed E-state index contributed by atoms with van der Waals surface area (Å²) in [6, 6.07) is 26.2. The molecule has 16 heteroatoms. The number of rotatable bonds is 12. The number of carbonyl (C=O) groups is 4. The zero-order valence-corrected chi connectivity index (χ0v) is 29.1. The van der Waals surface area contributed by atoms with E-state index < -0.39 is 76.2 Å². The molecule has 0 fully saturated rings. The van der Waals surface area contributed by atoms with Gasteiger partial charge in [-0.05, 0) is 89.8 Å². The van der Waals surface area contributed by atoms with Crippen molar-refractivity contribution in [1.82, 2.24) is 9.62 Å². The first kappa shape index (κ1) is 36.4. The van der Waals surface area contributed by atoms with Gasteiger partial charge >= 0.3 is 16.9 Å². The molecule has 14 nitrogen and oxygen atoms in total. The van der Waals surface area contributed by atoms with Crippen molar-refractivity contribution in [2.24, 2.45) is 0 Å². The predicted molar refractivity (Wildman–Crippen MR) is 191 cm³/mol. The van der Waals surface area contributed by atoms with Crippen LogP contribution in [0.1, 0.15) is 77.0 Å². The molecule has 5 aromatic rings. The molecule has 1 aliphatic rings. The maximum atomic E-state index is 14.7. The van der Waals surface area contributed by atoms with Gasteiger partial charge in [-0.25, -0.2) is 22.7 Å². The molecule has 3 N–H and O–H groups in total. The molecule has 0 unspecified atom stereocenters. The van der Waals surface area contributed by atoms with Gasteiger partial charge in [0.1, 0.15) is 15.7 Å². The number of carbonyl (C=O) groups excluding carboxylic acids is 2. The van der Waals surface area contributed by atoms with E-state index in [1.54, 1.807) is 41.1 Å². The Morgan fingerprint density at radius 2 is 1.49 bits per heavy atom. The number of hydrogen-bond acceptors (Lipinski definition) is 10. The predicted octanol–water partition coefficient (Wildman–Crippen LogP) is 6.68. The SMILES string of the molecule is O=C(O)c1cc(C(=O)N(Cc2cccc(Oc3ccccc3)c2)[C@H]2CCCc3ccccc32)c(C(=O)O)cc1C(=O)NS(=O)(=O)c1ccc([N+](=O)[O-])s1. The Hall–Kier alpha value is -6.39. The molecule has 1 heterocycles. The number of hydrogen-bond donors (Lipinski definition) is 3. The fraction of sp³-hybridized carbons (Fsp3) is 0.135. The van der Waals surface area contributed by atoms with Gasteiger partial charge in [0, 0.05) is 12.6 Å². The molecule has 0 aliphatic heterocycles. The average molecular weight is 756 g/mol. The van der Waals surface area contributed by atoms with Crippen molar-refractivity contribution in [3.05, 3.63) is 152 Å². The van der Waals surface area contributed by atoms with Crippen LogP contribution in [0.5, 0.6) is 11.5 Å². The zero-order valence-electron chi connectivity index (χ0n) is 27.5. The maximum Gasteiger partial charge on any atom is 0.336 e. The lowest BCUT2D eigenvalue weighted by Gasteiger charge is -2.36. The van der Waals surface area contributed by atoms with Crippen LogP contribution in [0.2, 0.25) is 0 Å². The second-order valence-electron chi connectivity index (χ2n) is 11.9. The number of ether oxygens (including phenoxy) is 1. The monoisotopic (exact) mass is 755 g/mol. The van der Waals surface area contributed by atoms with Gasteiger partial charge in [-0.2, -0.15) is 0 Å². The zero-order chi connectivity index (χ0) is 37.9. The van der Waals surface area contributed by atoms with Gasteiger partial charge in [0.15, 0.2) is 0 Å². The van der Waals surface area contributed by atoms with Crippen LogP contribution in [0.15, 0.2) is 107 Å². The third-order valence-electron chi connectivity index (χ3n) is 8.54. The largest absolute Gasteiger partial charge is 0.478 e. The molecular weight excluding hydrogens is 727 g/mol. The van der Waals surface area contributed by atoms with Crippen LogP contribution < -0.4 is 9.46 Å². The summed E-state index contributed by atoms with van der Waals surface area (Å²) >= 11 is 0.253. The second kappa shape index (κ2) is 15.1. The van der Waals surface area contributed by atoms with Crippen molar-refractivity contribution in [2.75, 3.05) is 0 Å². The summed E-state index contributed by atoms with van der Waals surface area (Å²) in [7, 11) is -4.75. The van der Waals surface area contributed by atoms with E-state index in [0.29, 0.717) is 36.0 Å². The molecule has 53 heavy (non-hydrogen) atoms. The van der Waals surface area contributed by atoms with Crippen molar-refractivity contribution >= 4 is 50.1 Å². The quantitative estimate of drug-likeness (QED) is 0.0903. The number of aryl methyl sites for hydroxylation is 1. The first-order valence-electron chi connectivity index (χ1n) is 16.0. The van der Waals surface area contributed by atoms with Crippen molar-refractivity contribution in [3.8, 4) is 11.5 Å². The normalized spacial score (nSPS) is 13.7. The summed E-state index contributed by atoms with van der Waals surface area (Å²) in [5, 5.41) is 31.0. The highest BCUT2D eigenvalue weighted by Gasteiger charge is 2.35. The molecule has 0 saturated heterocycles. The molecular formula is C37H29N3O11S2. The van der Waals surface area contributed by atoms with Gasteiger partial charge in [0.05, 0.1) is 33.2 Å². The van der Waals surface area contributed by atoms with Crippen LogP contribution in [0.3, 0.4) is 0 Å². The van der Waals surface area contributed by atoms with E-state index in [9.17, 15) is 47.9 Å². The number of benzene rings is 4. The van der Waals surface area contributed by atoms with E-state index in [1.807, 2.05) is 42.5 Å². The van der Waals surface area contributed by atoms with Gasteiger partial charge in [-0.15, -0.1) is 0 Å². The highest BCUT2D eigenvalue weighted by atomic mass is 32.2. The van der Waals surface area contributed by atoms with E-state index >= 15 is 0 Å². The highest BCUT2D eigenvalue weighted by molar-refractivity contribution is 7.92. The number of para-hydroxylation sites is 1. The summed E-state index contributed by atoms with van der Waals surface area (Å²) in [6.07, 6.45) is 1.97. The molecule has 0 saturated carbocycles. The van der Waals surface area contributed by atoms with Crippen LogP contribution >= 0.6 is 11.3 Å². The standard InChI is InChI=1S/C37H29N3O11S2/c41-34(38-53(49,50)33-17-16-32(52-33)40(47)48)27-19-30(37(45)46)28(20-29(27)36(43)44)35(42)39(31-15-7-10-23-9-4-5-14-26(23)31)21-22-8-6-13-25(18-22)51-24-11-2-1-3-12-24/h1-6,8-9,11-14,16-20,31H,7,10,15,21H2,(H,38,41)(H,43,44)(H,45,46)/t31-/m0/s1. The fourth-order valence-electron chi connectivity index (χ4n) is 6.16. The molecule has 1 aromatic heterocycles. The molecule has 2 amide bonds. The summed E-state index contributed by atoms with van der Waals surface area (Å²) in [6.45, 7) is -0.0429. The van der Waals surface area contributed by atoms with E-state index in [1.165, 1.54) is 4.90 Å². The number of fused-ring (bicyclic) bond motifs is 1. The molecule has 4 aromatic carbocycles. The number of aromatic carboxylic acids is 2. The first-order valence-corrected chi connectivity index (χ1v) is 18.3. The molecule has 6 rings (SSSR count). The highest BCUT2D eigenvalue weighted by Crippen LogP contribution is 2.37. The van der Waals surface area contributed by atoms with E-state index in [2.05, 4.69) is 0 Å². The number of carboxylic acids is 2. The lowest BCUT2D eigenvalue weighted by Crippen LogP contribution is -2.37. The Kier molecular flexibility index (Phi) is 10.4. The van der Waals surface area contributed by atoms with Crippen LogP contribution in [-0.4, -0.2) is 52.2 Å². The molecule has 0 radical (unpaired) electrons. The number of sulfonamides is 1. The van der Waals surface area contributed by atoms with Crippen LogP contribution in [0, 0.1) is 10.1 Å². The molecule has 270 valence electrons. The smallest absolute Gasteiger partial charge is 0.336 e. The van der Waals surface area contributed by atoms with Gasteiger partial charge in [-0.1, -0.05) is 54.6 Å². The molecule has 1 aliphatic carbocycles. The van der Waals surface area contributed by atoms with Crippen LogP contribution in [0.4, 0.5) is 5.00 Å². The van der Waals surface area contributed by atoms with Gasteiger partial charge in [0.25, 0.3) is 21.8 Å². The fourth-order valence-corrected chi connectivity index (χ4v) is 8.23. The number of nitro groups is 1. The van der Waals surface area contributed by atoms with Crippen molar-refractivity contribution in [3.63, 3.8) is 0 Å². The van der Waals surface area contributed by atoms with Gasteiger partial charge < -0.3 is 19.8 Å². The number of carboxylic acid groups (broad SMARTS) is 2. The molecule has 1 atom stereocenters. The number of nitrogens with zero attached hydrogens (tertiary/aromatic N) is 2. The van der Waals surface area contributed by atoms with E-state index in [-0.39, 0.29) is 17.9 Å². The van der Waals surface area contributed by atoms with Crippen LogP contribution in [0.25, 0.3) is 0 Å². The minimum absolute atomic E-state index is 0.0429. The molecule has 0 spiro atoms. The summed E-state index contributed by atoms with van der Waals surface area (Å²) in [5.74, 6) is -4.73. The van der Waals surface area contributed by atoms with Crippen molar-refractivity contribution in [1.29, 1.82) is 0 Å². The third kappa shape index (κ3) is 7.93. The Labute approximate surface area is 306 Å². The topological polar surface area (TPSA) is 211 Å². The number of amides is 2. The minimum Gasteiger partial charge on any atom is -0.478 e. The Morgan fingerprint density at radius 3 is 2.19 bits per heavy atom. The molecule has 0 bridgehead atoms. The number of nitrogens with one attached hydrogen (secondary N) is 1. The van der Waals surface area contributed by atoms with E-state index in [0.717, 1.165) is 35.7 Å². The van der Waals surface area contributed by atoms with Gasteiger partial charge in [-0.3, -0.25) is 19.7 Å². The lowest BCUT2D eigenvalue weighted by atomic mass is 9.86. The Balaban J connectivity index is 1.41. The summed E-state index contributed by atoms with van der Waals surface area (Å²) < 4.78 is 32.9. The average Bonchev–Trinajstić information content (AvgIpc) is 3.66. The number of thiophene rings is 1. The van der Waals surface area contributed by atoms with E-state index in [4.69, 9.17) is 4.74 Å². The van der Waals surface area contributed by atoms with Gasteiger partial charge in [0.2, 0.25) is 0 Å². The summed E-state index contributed by atoms with van der Waals surface area (Å²) in [4.78, 5) is 64.9. The van der Waals surface area contributed by atoms with Crippen LogP contribution in [-0.2, 0) is 23.0 Å².